The number of rotatable bonds is 2. The lowest BCUT2D eigenvalue weighted by atomic mass is 9.86. The van der Waals surface area contributed by atoms with Gasteiger partial charge in [-0.1, -0.05) is 18.2 Å². The molecule has 82 valence electrons. The maximum atomic E-state index is 10.2. The van der Waals surface area contributed by atoms with E-state index in [9.17, 15) is 5.11 Å². The minimum absolute atomic E-state index is 0.230. The molecule has 1 aromatic rings. The van der Waals surface area contributed by atoms with Crippen molar-refractivity contribution < 1.29 is 5.11 Å². The fraction of sp³-hybridized carbons (Fsp3) is 0.538. The normalized spacial score (nSPS) is 20.5. The lowest BCUT2D eigenvalue weighted by Gasteiger charge is -2.26. The average molecular weight is 205 g/mol. The number of nitrogens with zero attached hydrogens (tertiary/aromatic N) is 1. The predicted octanol–water partition coefficient (Wildman–Crippen LogP) is 2.38. The first-order valence-corrected chi connectivity index (χ1v) is 5.60. The number of aliphatic hydroxyl groups is 1. The van der Waals surface area contributed by atoms with Crippen LogP contribution in [-0.2, 0) is 0 Å². The van der Waals surface area contributed by atoms with Gasteiger partial charge in [-0.05, 0) is 32.4 Å². The zero-order valence-electron chi connectivity index (χ0n) is 9.70. The summed E-state index contributed by atoms with van der Waals surface area (Å²) in [6.07, 6.45) is 0. The molecule has 2 heteroatoms. The van der Waals surface area contributed by atoms with E-state index in [4.69, 9.17) is 0 Å². The summed E-state index contributed by atoms with van der Waals surface area (Å²) >= 11 is 0. The lowest BCUT2D eigenvalue weighted by Crippen LogP contribution is -2.33. The third kappa shape index (κ3) is 1.74. The molecule has 1 atom stereocenters. The van der Waals surface area contributed by atoms with Crippen LogP contribution in [0.3, 0.4) is 0 Å². The van der Waals surface area contributed by atoms with Crippen molar-refractivity contribution in [2.24, 2.45) is 0 Å². The van der Waals surface area contributed by atoms with Crippen LogP contribution in [0, 0.1) is 0 Å². The molecule has 0 saturated heterocycles. The summed E-state index contributed by atoms with van der Waals surface area (Å²) in [5, 5.41) is 10.2. The summed E-state index contributed by atoms with van der Waals surface area (Å²) in [5.74, 6) is 0.230. The van der Waals surface area contributed by atoms with Crippen LogP contribution < -0.4 is 4.90 Å². The van der Waals surface area contributed by atoms with Crippen LogP contribution >= 0.6 is 0 Å². The predicted molar refractivity (Wildman–Crippen MR) is 63.4 cm³/mol. The topological polar surface area (TPSA) is 23.5 Å². The summed E-state index contributed by atoms with van der Waals surface area (Å²) in [5.41, 5.74) is 1.93. The van der Waals surface area contributed by atoms with Gasteiger partial charge < -0.3 is 10.0 Å². The van der Waals surface area contributed by atoms with Gasteiger partial charge in [0, 0.05) is 24.7 Å². The first-order chi connectivity index (χ1) is 7.04. The van der Waals surface area contributed by atoms with Crippen LogP contribution in [-0.4, -0.2) is 23.8 Å². The molecule has 1 aliphatic rings. The van der Waals surface area contributed by atoms with Gasteiger partial charge in [0.2, 0.25) is 0 Å². The van der Waals surface area contributed by atoms with Crippen LogP contribution in [0.15, 0.2) is 24.3 Å². The molecular formula is C13H19NO. The van der Waals surface area contributed by atoms with E-state index in [2.05, 4.69) is 36.1 Å². The fourth-order valence-corrected chi connectivity index (χ4v) is 2.39. The van der Waals surface area contributed by atoms with Crippen molar-refractivity contribution in [1.29, 1.82) is 0 Å². The second-order valence-electron chi connectivity index (χ2n) is 4.80. The summed E-state index contributed by atoms with van der Waals surface area (Å²) in [6, 6.07) is 8.39. The molecule has 0 saturated carbocycles. The second-order valence-corrected chi connectivity index (χ2v) is 4.80. The molecule has 0 fully saturated rings. The molecule has 1 aliphatic heterocycles. The summed E-state index contributed by atoms with van der Waals surface area (Å²) in [4.78, 5) is 2.33. The maximum Gasteiger partial charge on any atom is 0.0677 e. The number of anilines is 1. The Morgan fingerprint density at radius 3 is 2.67 bits per heavy atom. The molecule has 1 unspecified atom stereocenters. The van der Waals surface area contributed by atoms with E-state index in [-0.39, 0.29) is 5.92 Å². The Balaban J connectivity index is 2.42. The Morgan fingerprint density at radius 2 is 2.07 bits per heavy atom. The smallest absolute Gasteiger partial charge is 0.0677 e. The van der Waals surface area contributed by atoms with Gasteiger partial charge in [0.15, 0.2) is 0 Å². The molecule has 15 heavy (non-hydrogen) atoms. The van der Waals surface area contributed by atoms with Crippen LogP contribution in [0.25, 0.3) is 0 Å². The molecule has 2 nitrogen and oxygen atoms in total. The summed E-state index contributed by atoms with van der Waals surface area (Å²) in [6.45, 7) is 7.88. The standard InChI is InChI=1S/C13H19NO/c1-4-14-9-11(13(2,3)15)10-7-5-6-8-12(10)14/h5-8,11,15H,4,9H2,1-3H3. The van der Waals surface area contributed by atoms with Crippen LogP contribution in [0.2, 0.25) is 0 Å². The van der Waals surface area contributed by atoms with Gasteiger partial charge in [0.1, 0.15) is 0 Å². The Labute approximate surface area is 91.5 Å². The van der Waals surface area contributed by atoms with Crippen molar-refractivity contribution in [1.82, 2.24) is 0 Å². The number of likely N-dealkylation sites (N-methyl/N-ethyl adjacent to an activating group) is 1. The Morgan fingerprint density at radius 1 is 1.40 bits per heavy atom. The Kier molecular flexibility index (Phi) is 2.47. The molecule has 0 radical (unpaired) electrons. The second kappa shape index (κ2) is 3.53. The van der Waals surface area contributed by atoms with Gasteiger partial charge in [-0.3, -0.25) is 0 Å². The van der Waals surface area contributed by atoms with Crippen molar-refractivity contribution in [2.45, 2.75) is 32.3 Å². The Bertz CT molecular complexity index is 354. The largest absolute Gasteiger partial charge is 0.390 e. The van der Waals surface area contributed by atoms with E-state index < -0.39 is 5.60 Å². The highest BCUT2D eigenvalue weighted by Crippen LogP contribution is 2.41. The van der Waals surface area contributed by atoms with Gasteiger partial charge in [-0.25, -0.2) is 0 Å². The van der Waals surface area contributed by atoms with Crippen molar-refractivity contribution in [3.05, 3.63) is 29.8 Å². The molecule has 1 N–H and O–H groups in total. The number of benzene rings is 1. The average Bonchev–Trinajstić information content (AvgIpc) is 2.55. The van der Waals surface area contributed by atoms with Gasteiger partial charge in [-0.2, -0.15) is 0 Å². The first kappa shape index (κ1) is 10.5. The molecule has 0 aliphatic carbocycles. The van der Waals surface area contributed by atoms with E-state index in [1.54, 1.807) is 0 Å². The zero-order chi connectivity index (χ0) is 11.1. The number of fused-ring (bicyclic) bond motifs is 1. The van der Waals surface area contributed by atoms with Gasteiger partial charge in [0.05, 0.1) is 5.60 Å². The Hall–Kier alpha value is -1.02. The molecule has 0 spiro atoms. The highest BCUT2D eigenvalue weighted by molar-refractivity contribution is 5.60. The molecular weight excluding hydrogens is 186 g/mol. The number of para-hydroxylation sites is 1. The minimum Gasteiger partial charge on any atom is -0.390 e. The summed E-state index contributed by atoms with van der Waals surface area (Å²) in [7, 11) is 0. The van der Waals surface area contributed by atoms with Crippen molar-refractivity contribution in [2.75, 3.05) is 18.0 Å². The molecule has 1 heterocycles. The molecule has 0 bridgehead atoms. The first-order valence-electron chi connectivity index (χ1n) is 5.60. The molecule has 0 aromatic heterocycles. The van der Waals surface area contributed by atoms with E-state index >= 15 is 0 Å². The van der Waals surface area contributed by atoms with Gasteiger partial charge >= 0.3 is 0 Å². The van der Waals surface area contributed by atoms with E-state index in [1.807, 2.05) is 13.8 Å². The lowest BCUT2D eigenvalue weighted by molar-refractivity contribution is 0.0549. The van der Waals surface area contributed by atoms with Gasteiger partial charge in [-0.15, -0.1) is 0 Å². The summed E-state index contributed by atoms with van der Waals surface area (Å²) < 4.78 is 0. The molecule has 1 aromatic carbocycles. The van der Waals surface area contributed by atoms with Crippen molar-refractivity contribution in [3.8, 4) is 0 Å². The van der Waals surface area contributed by atoms with Gasteiger partial charge in [0.25, 0.3) is 0 Å². The highest BCUT2D eigenvalue weighted by Gasteiger charge is 2.36. The van der Waals surface area contributed by atoms with Crippen LogP contribution in [0.1, 0.15) is 32.3 Å². The minimum atomic E-state index is -0.639. The van der Waals surface area contributed by atoms with Crippen molar-refractivity contribution >= 4 is 5.69 Å². The van der Waals surface area contributed by atoms with Crippen LogP contribution in [0.4, 0.5) is 5.69 Å². The van der Waals surface area contributed by atoms with Crippen LogP contribution in [0.5, 0.6) is 0 Å². The number of hydrogen-bond acceptors (Lipinski definition) is 2. The molecule has 2 rings (SSSR count). The third-order valence-corrected chi connectivity index (χ3v) is 3.29. The number of hydrogen-bond donors (Lipinski definition) is 1. The SMILES string of the molecule is CCN1CC(C(C)(C)O)c2ccccc21. The third-order valence-electron chi connectivity index (χ3n) is 3.29. The maximum absolute atomic E-state index is 10.2. The molecule has 0 amide bonds. The van der Waals surface area contributed by atoms with E-state index in [0.29, 0.717) is 0 Å². The van der Waals surface area contributed by atoms with E-state index in [1.165, 1.54) is 11.3 Å². The fourth-order valence-electron chi connectivity index (χ4n) is 2.39. The quantitative estimate of drug-likeness (QED) is 0.801. The highest BCUT2D eigenvalue weighted by atomic mass is 16.3. The zero-order valence-corrected chi connectivity index (χ0v) is 9.70. The monoisotopic (exact) mass is 205 g/mol. The van der Waals surface area contributed by atoms with E-state index in [0.717, 1.165) is 13.1 Å². The van der Waals surface area contributed by atoms with Crippen molar-refractivity contribution in [3.63, 3.8) is 0 Å².